The van der Waals surface area contributed by atoms with Gasteiger partial charge in [0.2, 0.25) is 0 Å². The third kappa shape index (κ3) is 6.91. The quantitative estimate of drug-likeness (QED) is 0.476. The van der Waals surface area contributed by atoms with Crippen molar-refractivity contribution in [3.8, 4) is 0 Å². The minimum absolute atomic E-state index is 0.149. The lowest BCUT2D eigenvalue weighted by Crippen LogP contribution is -2.42. The van der Waals surface area contributed by atoms with Gasteiger partial charge in [0.05, 0.1) is 6.61 Å². The number of primary amides is 1. The molecule has 0 spiro atoms. The third-order valence-corrected chi connectivity index (χ3v) is 6.20. The van der Waals surface area contributed by atoms with Gasteiger partial charge in [-0.2, -0.15) is 4.99 Å². The number of amides is 2. The first-order chi connectivity index (χ1) is 15.0. The highest BCUT2D eigenvalue weighted by Gasteiger charge is 2.34. The van der Waals surface area contributed by atoms with Crippen molar-refractivity contribution in [2.45, 2.75) is 39.2 Å². The van der Waals surface area contributed by atoms with E-state index in [1.807, 2.05) is 24.3 Å². The molecule has 166 valence electrons. The summed E-state index contributed by atoms with van der Waals surface area (Å²) < 4.78 is 5.91. The molecular weight excluding hydrogens is 388 g/mol. The monoisotopic (exact) mass is 422 g/mol. The van der Waals surface area contributed by atoms with Gasteiger partial charge in [0.15, 0.2) is 0 Å². The van der Waals surface area contributed by atoms with E-state index in [1.165, 1.54) is 11.1 Å². The van der Waals surface area contributed by atoms with Crippen LogP contribution in [0.1, 0.15) is 42.9 Å². The molecule has 0 bridgehead atoms. The van der Waals surface area contributed by atoms with Crippen molar-refractivity contribution >= 4 is 11.9 Å². The van der Waals surface area contributed by atoms with Gasteiger partial charge in [0.25, 0.3) is 0 Å². The average Bonchev–Trinajstić information content (AvgIpc) is 2.78. The Hall–Kier alpha value is -2.70. The molecule has 3 rings (SSSR count). The fourth-order valence-electron chi connectivity index (χ4n) is 4.25. The van der Waals surface area contributed by atoms with Crippen molar-refractivity contribution in [2.75, 3.05) is 26.3 Å². The molecule has 31 heavy (non-hydrogen) atoms. The maximum Gasteiger partial charge on any atom is 0.340 e. The molecule has 2 aromatic carbocycles. The smallest absolute Gasteiger partial charge is 0.340 e. The molecule has 1 fully saturated rings. The molecule has 1 aliphatic rings. The van der Waals surface area contributed by atoms with Crippen LogP contribution in [0.4, 0.5) is 4.79 Å². The van der Waals surface area contributed by atoms with Crippen LogP contribution >= 0.6 is 0 Å². The molecule has 2 aromatic rings. The lowest BCUT2D eigenvalue weighted by Gasteiger charge is -2.42. The molecule has 1 aliphatic heterocycles. The highest BCUT2D eigenvalue weighted by molar-refractivity contribution is 6.03. The maximum atomic E-state index is 10.9. The highest BCUT2D eigenvalue weighted by Crippen LogP contribution is 2.37. The summed E-state index contributed by atoms with van der Waals surface area (Å²) in [6.45, 7) is 6.72. The Bertz CT molecular complexity index is 857. The van der Waals surface area contributed by atoms with Crippen molar-refractivity contribution in [1.82, 2.24) is 4.90 Å². The molecule has 4 N–H and O–H groups in total. The van der Waals surface area contributed by atoms with Gasteiger partial charge in [0.1, 0.15) is 5.84 Å². The number of hydrogen-bond donors (Lipinski definition) is 2. The summed E-state index contributed by atoms with van der Waals surface area (Å²) in [5.41, 5.74) is 14.5. The predicted molar refractivity (Wildman–Crippen MR) is 125 cm³/mol. The third-order valence-electron chi connectivity index (χ3n) is 6.20. The van der Waals surface area contributed by atoms with Gasteiger partial charge >= 0.3 is 6.03 Å². The van der Waals surface area contributed by atoms with Crippen molar-refractivity contribution in [3.05, 3.63) is 71.3 Å². The van der Waals surface area contributed by atoms with E-state index in [2.05, 4.69) is 47.1 Å². The molecule has 1 heterocycles. The Balaban J connectivity index is 1.56. The standard InChI is InChI=1S/C25H34N4O2/c1-2-31-19-25(13-12-20-6-4-3-5-7-20)14-16-29(17-15-25)18-21-8-10-22(11-9-21)23(26)28-24(27)30/h3-11H,2,12-19H2,1H3,(H4,26,27,28,30). The SMILES string of the molecule is CCOCC1(CCc2ccccc2)CCN(Cc2ccc(/C(N)=N/C(N)=O)cc2)CC1. The molecule has 1 saturated heterocycles. The van der Waals surface area contributed by atoms with Crippen LogP contribution in [-0.2, 0) is 17.7 Å². The molecular formula is C25H34N4O2. The molecule has 0 aliphatic carbocycles. The fraction of sp³-hybridized carbons (Fsp3) is 0.440. The Morgan fingerprint density at radius 1 is 1.03 bits per heavy atom. The molecule has 6 heteroatoms. The first-order valence-electron chi connectivity index (χ1n) is 11.1. The topological polar surface area (TPSA) is 93.9 Å². The van der Waals surface area contributed by atoms with Crippen molar-refractivity contribution in [1.29, 1.82) is 0 Å². The van der Waals surface area contributed by atoms with E-state index in [1.54, 1.807) is 0 Å². The summed E-state index contributed by atoms with van der Waals surface area (Å²) in [4.78, 5) is 17.0. The average molecular weight is 423 g/mol. The van der Waals surface area contributed by atoms with Crippen LogP contribution in [-0.4, -0.2) is 43.1 Å². The van der Waals surface area contributed by atoms with Gasteiger partial charge in [-0.25, -0.2) is 4.79 Å². The summed E-state index contributed by atoms with van der Waals surface area (Å²) >= 11 is 0. The van der Waals surface area contributed by atoms with E-state index in [4.69, 9.17) is 16.2 Å². The molecule has 0 saturated carbocycles. The van der Waals surface area contributed by atoms with E-state index in [0.29, 0.717) is 5.56 Å². The first-order valence-corrected chi connectivity index (χ1v) is 11.1. The van der Waals surface area contributed by atoms with Crippen molar-refractivity contribution in [3.63, 3.8) is 0 Å². The zero-order valence-electron chi connectivity index (χ0n) is 18.4. The summed E-state index contributed by atoms with van der Waals surface area (Å²) in [5, 5.41) is 0. The number of hydrogen-bond acceptors (Lipinski definition) is 3. The van der Waals surface area contributed by atoms with Crippen LogP contribution in [0.5, 0.6) is 0 Å². The number of nitrogens with two attached hydrogens (primary N) is 2. The summed E-state index contributed by atoms with van der Waals surface area (Å²) in [5.74, 6) is 0.149. The largest absolute Gasteiger partial charge is 0.383 e. The van der Waals surface area contributed by atoms with Gasteiger partial charge in [-0.05, 0) is 62.2 Å². The highest BCUT2D eigenvalue weighted by atomic mass is 16.5. The van der Waals surface area contributed by atoms with Gasteiger partial charge in [0, 0.05) is 18.7 Å². The number of amidine groups is 1. The van der Waals surface area contributed by atoms with Crippen molar-refractivity contribution < 1.29 is 9.53 Å². The maximum absolute atomic E-state index is 10.9. The van der Waals surface area contributed by atoms with Crippen LogP contribution in [0.2, 0.25) is 0 Å². The number of benzene rings is 2. The summed E-state index contributed by atoms with van der Waals surface area (Å²) in [7, 11) is 0. The lowest BCUT2D eigenvalue weighted by atomic mass is 9.74. The van der Waals surface area contributed by atoms with Crippen LogP contribution in [0, 0.1) is 5.41 Å². The zero-order valence-corrected chi connectivity index (χ0v) is 18.4. The number of carbonyl (C=O) groups excluding carboxylic acids is 1. The van der Waals surface area contributed by atoms with Gasteiger partial charge in [-0.3, -0.25) is 4.90 Å². The number of rotatable bonds is 9. The van der Waals surface area contributed by atoms with Gasteiger partial charge in [-0.1, -0.05) is 54.6 Å². The first kappa shape index (κ1) is 23.0. The van der Waals surface area contributed by atoms with E-state index < -0.39 is 6.03 Å². The molecule has 2 amide bonds. The van der Waals surface area contributed by atoms with E-state index in [-0.39, 0.29) is 11.3 Å². The molecule has 6 nitrogen and oxygen atoms in total. The molecule has 0 radical (unpaired) electrons. The van der Waals surface area contributed by atoms with E-state index >= 15 is 0 Å². The number of piperidine rings is 1. The zero-order chi connectivity index (χ0) is 22.1. The van der Waals surface area contributed by atoms with E-state index in [9.17, 15) is 4.79 Å². The van der Waals surface area contributed by atoms with Crippen LogP contribution < -0.4 is 11.5 Å². The number of aryl methyl sites for hydroxylation is 1. The normalized spacial score (nSPS) is 16.9. The number of urea groups is 1. The second-order valence-corrected chi connectivity index (χ2v) is 8.43. The van der Waals surface area contributed by atoms with Crippen molar-refractivity contribution in [2.24, 2.45) is 21.9 Å². The van der Waals surface area contributed by atoms with Crippen LogP contribution in [0.15, 0.2) is 59.6 Å². The second kappa shape index (κ2) is 11.1. The van der Waals surface area contributed by atoms with Crippen LogP contribution in [0.3, 0.4) is 0 Å². The summed E-state index contributed by atoms with van der Waals surface area (Å²) in [6.07, 6.45) is 4.56. The number of ether oxygens (including phenoxy) is 1. The number of aliphatic imine (C=N–C) groups is 1. The summed E-state index contributed by atoms with van der Waals surface area (Å²) in [6, 6.07) is 17.8. The Morgan fingerprint density at radius 2 is 1.71 bits per heavy atom. The van der Waals surface area contributed by atoms with Crippen LogP contribution in [0.25, 0.3) is 0 Å². The Kier molecular flexibility index (Phi) is 8.20. The molecule has 0 aromatic heterocycles. The number of likely N-dealkylation sites (tertiary alicyclic amines) is 1. The Morgan fingerprint density at radius 3 is 2.32 bits per heavy atom. The fourth-order valence-corrected chi connectivity index (χ4v) is 4.25. The molecule has 0 atom stereocenters. The van der Waals surface area contributed by atoms with Gasteiger partial charge < -0.3 is 16.2 Å². The van der Waals surface area contributed by atoms with E-state index in [0.717, 1.165) is 58.5 Å². The van der Waals surface area contributed by atoms with Gasteiger partial charge in [-0.15, -0.1) is 0 Å². The number of nitrogens with zero attached hydrogens (tertiary/aromatic N) is 2. The molecule has 0 unspecified atom stereocenters. The number of carbonyl (C=O) groups is 1. The second-order valence-electron chi connectivity index (χ2n) is 8.43. The lowest BCUT2D eigenvalue weighted by molar-refractivity contribution is -0.00232. The Labute approximate surface area is 185 Å². The minimum Gasteiger partial charge on any atom is -0.383 e. The minimum atomic E-state index is -0.780. The predicted octanol–water partition coefficient (Wildman–Crippen LogP) is 3.72.